The van der Waals surface area contributed by atoms with E-state index in [9.17, 15) is 0 Å². The molecule has 0 amide bonds. The molecule has 6 heteroatoms. The van der Waals surface area contributed by atoms with Gasteiger partial charge in [0.2, 0.25) is 5.89 Å². The molecule has 1 atom stereocenters. The summed E-state index contributed by atoms with van der Waals surface area (Å²) in [7, 11) is 0. The van der Waals surface area contributed by atoms with Crippen LogP contribution in [0.1, 0.15) is 30.2 Å². The molecular weight excluding hydrogens is 314 g/mol. The lowest BCUT2D eigenvalue weighted by Gasteiger charge is -2.36. The molecule has 0 radical (unpaired) electrons. The van der Waals surface area contributed by atoms with E-state index in [0.29, 0.717) is 11.7 Å². The third-order valence-corrected chi connectivity index (χ3v) is 4.97. The summed E-state index contributed by atoms with van der Waals surface area (Å²) in [5.74, 6) is 1.41. The molecule has 1 fully saturated rings. The fourth-order valence-electron chi connectivity index (χ4n) is 3.48. The van der Waals surface area contributed by atoms with Gasteiger partial charge in [0.1, 0.15) is 0 Å². The monoisotopic (exact) mass is 337 g/mol. The van der Waals surface area contributed by atoms with Crippen LogP contribution in [-0.2, 0) is 6.54 Å². The summed E-state index contributed by atoms with van der Waals surface area (Å²) in [6.07, 6.45) is 1.87. The second kappa shape index (κ2) is 6.90. The zero-order valence-corrected chi connectivity index (χ0v) is 14.7. The second-order valence-electron chi connectivity index (χ2n) is 6.66. The maximum Gasteiger partial charge on any atom is 0.243 e. The van der Waals surface area contributed by atoms with Crippen molar-refractivity contribution in [3.05, 3.63) is 53.8 Å². The third kappa shape index (κ3) is 3.41. The third-order valence-electron chi connectivity index (χ3n) is 4.97. The van der Waals surface area contributed by atoms with Crippen molar-refractivity contribution in [2.75, 3.05) is 26.2 Å². The molecule has 6 nitrogen and oxygen atoms in total. The smallest absolute Gasteiger partial charge is 0.243 e. The van der Waals surface area contributed by atoms with Gasteiger partial charge in [0.15, 0.2) is 5.82 Å². The molecule has 4 rings (SSSR count). The molecule has 1 aliphatic rings. The van der Waals surface area contributed by atoms with Crippen LogP contribution in [0.2, 0.25) is 0 Å². The molecule has 3 heterocycles. The highest BCUT2D eigenvalue weighted by Gasteiger charge is 2.25. The van der Waals surface area contributed by atoms with Gasteiger partial charge in [-0.25, -0.2) is 0 Å². The largest absolute Gasteiger partial charge is 0.338 e. The zero-order chi connectivity index (χ0) is 17.2. The highest BCUT2D eigenvalue weighted by molar-refractivity contribution is 5.81. The van der Waals surface area contributed by atoms with Gasteiger partial charge < -0.3 is 4.52 Å². The molecule has 130 valence electrons. The van der Waals surface area contributed by atoms with Crippen LogP contribution >= 0.6 is 0 Å². The normalized spacial score (nSPS) is 17.8. The molecule has 0 aliphatic carbocycles. The number of benzene rings is 1. The van der Waals surface area contributed by atoms with E-state index in [-0.39, 0.29) is 6.04 Å². The van der Waals surface area contributed by atoms with E-state index in [1.54, 1.807) is 0 Å². The van der Waals surface area contributed by atoms with E-state index >= 15 is 0 Å². The van der Waals surface area contributed by atoms with Crippen LogP contribution in [0.4, 0.5) is 0 Å². The number of aromatic nitrogens is 3. The van der Waals surface area contributed by atoms with Gasteiger partial charge in [-0.05, 0) is 25.5 Å². The number of para-hydroxylation sites is 1. The predicted octanol–water partition coefficient (Wildman–Crippen LogP) is 2.81. The Morgan fingerprint density at radius 2 is 1.92 bits per heavy atom. The standard InChI is InChI=1S/C19H23N5O/c1-14(19-21-15(2)22-25-19)24-11-9-23(10-12-24)13-17-6-3-5-16-7-4-8-20-18(16)17/h3-8,14H,9-13H2,1-2H3/t14-/m1/s1. The quantitative estimate of drug-likeness (QED) is 0.730. The molecule has 1 aromatic carbocycles. The Hall–Kier alpha value is -2.31. The number of hydrogen-bond acceptors (Lipinski definition) is 6. The zero-order valence-electron chi connectivity index (χ0n) is 14.7. The summed E-state index contributed by atoms with van der Waals surface area (Å²) in [4.78, 5) is 13.8. The molecule has 0 spiro atoms. The lowest BCUT2D eigenvalue weighted by Crippen LogP contribution is -2.46. The molecule has 0 bridgehead atoms. The van der Waals surface area contributed by atoms with Gasteiger partial charge in [0.25, 0.3) is 0 Å². The lowest BCUT2D eigenvalue weighted by atomic mass is 10.1. The minimum Gasteiger partial charge on any atom is -0.338 e. The first-order valence-electron chi connectivity index (χ1n) is 8.80. The van der Waals surface area contributed by atoms with Gasteiger partial charge in [0, 0.05) is 44.3 Å². The van der Waals surface area contributed by atoms with E-state index in [0.717, 1.165) is 38.2 Å². The number of hydrogen-bond donors (Lipinski definition) is 0. The number of pyridine rings is 1. The van der Waals surface area contributed by atoms with Gasteiger partial charge >= 0.3 is 0 Å². The van der Waals surface area contributed by atoms with Crippen LogP contribution in [0, 0.1) is 6.92 Å². The Labute approximate surface area is 147 Å². The Kier molecular flexibility index (Phi) is 4.46. The van der Waals surface area contributed by atoms with Gasteiger partial charge in [-0.3, -0.25) is 14.8 Å². The van der Waals surface area contributed by atoms with Crippen LogP contribution in [-0.4, -0.2) is 51.1 Å². The van der Waals surface area contributed by atoms with Crippen molar-refractivity contribution < 1.29 is 4.52 Å². The van der Waals surface area contributed by atoms with E-state index in [2.05, 4.69) is 56.1 Å². The summed E-state index contributed by atoms with van der Waals surface area (Å²) in [6, 6.07) is 10.7. The van der Waals surface area contributed by atoms with Gasteiger partial charge in [0.05, 0.1) is 11.6 Å². The maximum absolute atomic E-state index is 5.33. The number of rotatable bonds is 4. The Bertz CT molecular complexity index is 848. The number of piperazine rings is 1. The number of fused-ring (bicyclic) bond motifs is 1. The minimum absolute atomic E-state index is 0.169. The fourth-order valence-corrected chi connectivity index (χ4v) is 3.48. The fraction of sp³-hybridized carbons (Fsp3) is 0.421. The first-order valence-corrected chi connectivity index (χ1v) is 8.80. The van der Waals surface area contributed by atoms with Crippen molar-refractivity contribution >= 4 is 10.9 Å². The van der Waals surface area contributed by atoms with Crippen LogP contribution < -0.4 is 0 Å². The summed E-state index contributed by atoms with van der Waals surface area (Å²) >= 11 is 0. The Morgan fingerprint density at radius 1 is 1.12 bits per heavy atom. The van der Waals surface area contributed by atoms with Crippen molar-refractivity contribution in [2.45, 2.75) is 26.4 Å². The van der Waals surface area contributed by atoms with Crippen LogP contribution in [0.25, 0.3) is 10.9 Å². The molecule has 1 saturated heterocycles. The molecule has 2 aromatic heterocycles. The van der Waals surface area contributed by atoms with E-state index in [4.69, 9.17) is 4.52 Å². The molecule has 0 N–H and O–H groups in total. The van der Waals surface area contributed by atoms with Gasteiger partial charge in [-0.2, -0.15) is 4.98 Å². The second-order valence-corrected chi connectivity index (χ2v) is 6.66. The molecular formula is C19H23N5O. The van der Waals surface area contributed by atoms with Crippen LogP contribution in [0.5, 0.6) is 0 Å². The first kappa shape index (κ1) is 16.2. The van der Waals surface area contributed by atoms with Crippen LogP contribution in [0.3, 0.4) is 0 Å². The summed E-state index contributed by atoms with van der Waals surface area (Å²) < 4.78 is 5.33. The molecule has 0 unspecified atom stereocenters. The first-order chi connectivity index (χ1) is 12.2. The Balaban J connectivity index is 1.40. The maximum atomic E-state index is 5.33. The number of nitrogens with zero attached hydrogens (tertiary/aromatic N) is 5. The molecule has 25 heavy (non-hydrogen) atoms. The van der Waals surface area contributed by atoms with Crippen molar-refractivity contribution in [2.24, 2.45) is 0 Å². The summed E-state index contributed by atoms with van der Waals surface area (Å²) in [5.41, 5.74) is 2.41. The van der Waals surface area contributed by atoms with Crippen molar-refractivity contribution in [1.29, 1.82) is 0 Å². The average molecular weight is 337 g/mol. The predicted molar refractivity (Wildman–Crippen MR) is 96.0 cm³/mol. The highest BCUT2D eigenvalue weighted by atomic mass is 16.5. The Morgan fingerprint density at radius 3 is 2.68 bits per heavy atom. The lowest BCUT2D eigenvalue weighted by molar-refractivity contribution is 0.0847. The highest BCUT2D eigenvalue weighted by Crippen LogP contribution is 2.22. The summed E-state index contributed by atoms with van der Waals surface area (Å²) in [5, 5.41) is 5.11. The van der Waals surface area contributed by atoms with E-state index in [1.807, 2.05) is 19.2 Å². The van der Waals surface area contributed by atoms with Crippen molar-refractivity contribution in [1.82, 2.24) is 24.9 Å². The molecule has 0 saturated carbocycles. The topological polar surface area (TPSA) is 58.3 Å². The minimum atomic E-state index is 0.169. The SMILES string of the molecule is Cc1noc([C@@H](C)N2CCN(Cc3cccc4cccnc34)CC2)n1. The van der Waals surface area contributed by atoms with Crippen molar-refractivity contribution in [3.63, 3.8) is 0 Å². The van der Waals surface area contributed by atoms with Crippen molar-refractivity contribution in [3.8, 4) is 0 Å². The van der Waals surface area contributed by atoms with Gasteiger partial charge in [-0.1, -0.05) is 29.4 Å². The van der Waals surface area contributed by atoms with Gasteiger partial charge in [-0.15, -0.1) is 0 Å². The van der Waals surface area contributed by atoms with E-state index in [1.165, 1.54) is 10.9 Å². The molecule has 3 aromatic rings. The molecule has 1 aliphatic heterocycles. The average Bonchev–Trinajstić information content (AvgIpc) is 3.08. The van der Waals surface area contributed by atoms with Crippen LogP contribution in [0.15, 0.2) is 41.1 Å². The summed E-state index contributed by atoms with van der Waals surface area (Å²) in [6.45, 7) is 8.99. The number of aryl methyl sites for hydroxylation is 1. The van der Waals surface area contributed by atoms with E-state index < -0.39 is 0 Å².